The smallest absolute Gasteiger partial charge is 0.231 e. The van der Waals surface area contributed by atoms with Crippen LogP contribution in [0.25, 0.3) is 0 Å². The Bertz CT molecular complexity index is 701. The lowest BCUT2D eigenvalue weighted by atomic mass is 9.75. The number of likely N-dealkylation sites (tertiary alicyclic amines) is 1. The van der Waals surface area contributed by atoms with Gasteiger partial charge < -0.3 is 19.1 Å². The average molecular weight is 358 g/mol. The summed E-state index contributed by atoms with van der Waals surface area (Å²) in [4.78, 5) is 17.7. The molecule has 5 aliphatic rings. The summed E-state index contributed by atoms with van der Waals surface area (Å²) in [7, 11) is 1.66. The Kier molecular flexibility index (Phi) is 4.05. The Morgan fingerprint density at radius 2 is 2.00 bits per heavy atom. The zero-order valence-electron chi connectivity index (χ0n) is 15.2. The van der Waals surface area contributed by atoms with Crippen molar-refractivity contribution < 1.29 is 19.0 Å². The molecule has 0 radical (unpaired) electrons. The van der Waals surface area contributed by atoms with Crippen molar-refractivity contribution in [2.24, 2.45) is 5.92 Å². The topological polar surface area (TPSA) is 51.2 Å². The first-order chi connectivity index (χ1) is 12.8. The molecule has 0 saturated carbocycles. The van der Waals surface area contributed by atoms with Crippen molar-refractivity contribution in [2.75, 3.05) is 40.1 Å². The fourth-order valence-corrected chi connectivity index (χ4v) is 5.47. The molecule has 0 N–H and O–H groups in total. The lowest BCUT2D eigenvalue weighted by molar-refractivity contribution is -0.136. The molecular weight excluding hydrogens is 332 g/mol. The first-order valence-corrected chi connectivity index (χ1v) is 9.68. The maximum atomic E-state index is 12.9. The highest BCUT2D eigenvalue weighted by atomic mass is 16.7. The molecule has 1 aromatic carbocycles. The van der Waals surface area contributed by atoms with E-state index in [1.165, 1.54) is 18.4 Å². The molecular formula is C20H26N2O4. The monoisotopic (exact) mass is 358 g/mol. The SMILES string of the molecule is COCCC(=O)N1C[C@@H](c2ccc3c(c2)OCO3)[C@@H]2[C@H]1C1CCN2CC1. The molecule has 6 nitrogen and oxygen atoms in total. The number of amides is 1. The average Bonchev–Trinajstić information content (AvgIpc) is 3.32. The van der Waals surface area contributed by atoms with Gasteiger partial charge in [0.25, 0.3) is 0 Å². The van der Waals surface area contributed by atoms with Crippen molar-refractivity contribution >= 4 is 5.91 Å². The van der Waals surface area contributed by atoms with Crippen LogP contribution in [-0.4, -0.2) is 67.9 Å². The molecule has 5 heterocycles. The van der Waals surface area contributed by atoms with Crippen LogP contribution >= 0.6 is 0 Å². The summed E-state index contributed by atoms with van der Waals surface area (Å²) < 4.78 is 16.2. The highest BCUT2D eigenvalue weighted by Gasteiger charge is 2.54. The van der Waals surface area contributed by atoms with E-state index in [2.05, 4.69) is 21.9 Å². The van der Waals surface area contributed by atoms with Gasteiger partial charge in [0.1, 0.15) is 0 Å². The summed E-state index contributed by atoms with van der Waals surface area (Å²) in [5.41, 5.74) is 1.26. The number of hydrogen-bond donors (Lipinski definition) is 0. The van der Waals surface area contributed by atoms with Gasteiger partial charge in [-0.1, -0.05) is 6.07 Å². The van der Waals surface area contributed by atoms with Crippen LogP contribution in [0.4, 0.5) is 0 Å². The highest BCUT2D eigenvalue weighted by molar-refractivity contribution is 5.77. The number of ether oxygens (including phenoxy) is 3. The number of fused-ring (bicyclic) bond motifs is 3. The van der Waals surface area contributed by atoms with Crippen LogP contribution < -0.4 is 9.47 Å². The standard InChI is InChI=1S/C20H26N2O4/c1-24-9-6-18(23)22-11-15(14-2-3-16-17(10-14)26-12-25-16)20-19(22)13-4-7-21(20)8-5-13/h2-3,10,13,15,19-20H,4-9,11-12H2,1H3/t15-,19+,20+/m0/s1. The molecule has 5 aliphatic heterocycles. The minimum Gasteiger partial charge on any atom is -0.454 e. The Morgan fingerprint density at radius 3 is 2.81 bits per heavy atom. The van der Waals surface area contributed by atoms with E-state index in [4.69, 9.17) is 14.2 Å². The van der Waals surface area contributed by atoms with Crippen molar-refractivity contribution in [3.63, 3.8) is 0 Å². The maximum absolute atomic E-state index is 12.9. The van der Waals surface area contributed by atoms with Crippen molar-refractivity contribution in [3.05, 3.63) is 23.8 Å². The van der Waals surface area contributed by atoms with Gasteiger partial charge in [-0.05, 0) is 49.5 Å². The van der Waals surface area contributed by atoms with Gasteiger partial charge in [0.05, 0.1) is 19.1 Å². The van der Waals surface area contributed by atoms with Crippen molar-refractivity contribution in [1.82, 2.24) is 9.80 Å². The number of piperidine rings is 3. The van der Waals surface area contributed by atoms with E-state index >= 15 is 0 Å². The zero-order valence-corrected chi connectivity index (χ0v) is 15.2. The van der Waals surface area contributed by atoms with Gasteiger partial charge in [-0.25, -0.2) is 0 Å². The van der Waals surface area contributed by atoms with Gasteiger partial charge in [0.15, 0.2) is 11.5 Å². The molecule has 0 aliphatic carbocycles. The van der Waals surface area contributed by atoms with Crippen LogP contribution in [0.5, 0.6) is 11.5 Å². The van der Waals surface area contributed by atoms with E-state index in [9.17, 15) is 4.79 Å². The minimum absolute atomic E-state index is 0.235. The van der Waals surface area contributed by atoms with E-state index in [1.54, 1.807) is 7.11 Å². The van der Waals surface area contributed by atoms with E-state index in [-0.39, 0.29) is 5.91 Å². The van der Waals surface area contributed by atoms with Crippen molar-refractivity contribution in [1.29, 1.82) is 0 Å². The Balaban J connectivity index is 1.47. The molecule has 4 fully saturated rings. The van der Waals surface area contributed by atoms with Gasteiger partial charge in [0.2, 0.25) is 12.7 Å². The molecule has 26 heavy (non-hydrogen) atoms. The Labute approximate surface area is 154 Å². The molecule has 2 bridgehead atoms. The lowest BCUT2D eigenvalue weighted by Crippen LogP contribution is -2.60. The second kappa shape index (κ2) is 6.43. The number of rotatable bonds is 4. The molecule has 3 atom stereocenters. The summed E-state index contributed by atoms with van der Waals surface area (Å²) in [5.74, 6) is 2.86. The van der Waals surface area contributed by atoms with Crippen LogP contribution in [-0.2, 0) is 9.53 Å². The number of carbonyl (C=O) groups excluding carboxylic acids is 1. The zero-order chi connectivity index (χ0) is 17.7. The quantitative estimate of drug-likeness (QED) is 0.822. The van der Waals surface area contributed by atoms with Gasteiger partial charge in [-0.2, -0.15) is 0 Å². The second-order valence-electron chi connectivity index (χ2n) is 7.86. The van der Waals surface area contributed by atoms with Gasteiger partial charge in [-0.3, -0.25) is 9.69 Å². The molecule has 1 amide bonds. The van der Waals surface area contributed by atoms with Gasteiger partial charge in [-0.15, -0.1) is 0 Å². The molecule has 6 rings (SSSR count). The lowest BCUT2D eigenvalue weighted by Gasteiger charge is -2.51. The summed E-state index contributed by atoms with van der Waals surface area (Å²) in [6, 6.07) is 7.06. The van der Waals surface area contributed by atoms with Gasteiger partial charge >= 0.3 is 0 Å². The predicted molar refractivity (Wildman–Crippen MR) is 95.4 cm³/mol. The van der Waals surface area contributed by atoms with Crippen LogP contribution in [0.1, 0.15) is 30.7 Å². The van der Waals surface area contributed by atoms with Gasteiger partial charge in [0, 0.05) is 25.6 Å². The number of nitrogens with zero attached hydrogens (tertiary/aromatic N) is 2. The first kappa shape index (κ1) is 16.4. The third-order valence-corrected chi connectivity index (χ3v) is 6.66. The number of benzene rings is 1. The fourth-order valence-electron chi connectivity index (χ4n) is 5.47. The third kappa shape index (κ3) is 2.50. The number of hydrogen-bond acceptors (Lipinski definition) is 5. The summed E-state index contributed by atoms with van der Waals surface area (Å²) in [6.45, 7) is 3.91. The van der Waals surface area contributed by atoms with Crippen molar-refractivity contribution in [2.45, 2.75) is 37.3 Å². The van der Waals surface area contributed by atoms with Crippen LogP contribution in [0.3, 0.4) is 0 Å². The predicted octanol–water partition coefficient (Wildman–Crippen LogP) is 1.84. The first-order valence-electron chi connectivity index (χ1n) is 9.68. The van der Waals surface area contributed by atoms with Crippen LogP contribution in [0.15, 0.2) is 18.2 Å². The van der Waals surface area contributed by atoms with Crippen LogP contribution in [0.2, 0.25) is 0 Å². The molecule has 0 unspecified atom stereocenters. The highest BCUT2D eigenvalue weighted by Crippen LogP contribution is 2.48. The molecule has 0 aromatic heterocycles. The van der Waals surface area contributed by atoms with E-state index in [0.717, 1.165) is 31.1 Å². The van der Waals surface area contributed by atoms with E-state index in [1.807, 2.05) is 6.07 Å². The summed E-state index contributed by atoms with van der Waals surface area (Å²) in [5, 5.41) is 0. The number of carbonyl (C=O) groups is 1. The second-order valence-corrected chi connectivity index (χ2v) is 7.86. The summed E-state index contributed by atoms with van der Waals surface area (Å²) in [6.07, 6.45) is 2.90. The summed E-state index contributed by atoms with van der Waals surface area (Å²) >= 11 is 0. The number of methoxy groups -OCH3 is 1. The molecule has 0 spiro atoms. The minimum atomic E-state index is 0.235. The molecule has 140 valence electrons. The fraction of sp³-hybridized carbons (Fsp3) is 0.650. The van der Waals surface area contributed by atoms with Crippen molar-refractivity contribution in [3.8, 4) is 11.5 Å². The third-order valence-electron chi connectivity index (χ3n) is 6.66. The molecule has 4 saturated heterocycles. The molecule has 6 heteroatoms. The normalized spacial score (nSPS) is 34.2. The molecule has 1 aromatic rings. The maximum Gasteiger partial charge on any atom is 0.231 e. The largest absolute Gasteiger partial charge is 0.454 e. The van der Waals surface area contributed by atoms with Crippen LogP contribution in [0, 0.1) is 5.92 Å². The van der Waals surface area contributed by atoms with E-state index in [0.29, 0.717) is 43.7 Å². The Hall–Kier alpha value is -1.79. The van der Waals surface area contributed by atoms with E-state index < -0.39 is 0 Å². The Morgan fingerprint density at radius 1 is 1.19 bits per heavy atom.